The Morgan fingerprint density at radius 3 is 2.71 bits per heavy atom. The number of rotatable bonds is 6. The number of nitro groups is 1. The van der Waals surface area contributed by atoms with E-state index < -0.39 is 4.92 Å². The Morgan fingerprint density at radius 2 is 1.97 bits per heavy atom. The number of fused-ring (bicyclic) bond motifs is 1. The lowest BCUT2D eigenvalue weighted by Crippen LogP contribution is -2.14. The first kappa shape index (κ1) is 20.9. The van der Waals surface area contributed by atoms with Gasteiger partial charge >= 0.3 is 0 Å². The van der Waals surface area contributed by atoms with Crippen molar-refractivity contribution in [2.24, 2.45) is 0 Å². The maximum absolute atomic E-state index is 11.0. The number of nitro benzene ring substituents is 1. The minimum atomic E-state index is -0.479. The SMILES string of the molecule is CC(C)(C)c1nc(NCc2cc([N+](=O)[O-])ccc2O)sc1Cc1ccc2c(c1)OCO2. The Hall–Kier alpha value is -3.33. The van der Waals surface area contributed by atoms with Crippen molar-refractivity contribution in [3.8, 4) is 17.2 Å². The van der Waals surface area contributed by atoms with Crippen LogP contribution in [0.25, 0.3) is 0 Å². The number of aromatic hydroxyl groups is 1. The number of aromatic nitrogens is 1. The van der Waals surface area contributed by atoms with Crippen LogP contribution in [0, 0.1) is 10.1 Å². The lowest BCUT2D eigenvalue weighted by atomic mass is 9.90. The van der Waals surface area contributed by atoms with Gasteiger partial charge in [0.15, 0.2) is 16.6 Å². The third-order valence-corrected chi connectivity index (χ3v) is 5.93. The van der Waals surface area contributed by atoms with Crippen molar-refractivity contribution in [1.82, 2.24) is 4.98 Å². The Morgan fingerprint density at radius 1 is 1.19 bits per heavy atom. The third kappa shape index (κ3) is 4.56. The third-order valence-electron chi connectivity index (χ3n) is 4.91. The molecule has 0 saturated carbocycles. The van der Waals surface area contributed by atoms with E-state index in [1.807, 2.05) is 18.2 Å². The van der Waals surface area contributed by atoms with Crippen LogP contribution in [0.1, 0.15) is 42.5 Å². The molecule has 9 heteroatoms. The first-order chi connectivity index (χ1) is 14.7. The second-order valence-corrected chi connectivity index (χ2v) is 9.41. The van der Waals surface area contributed by atoms with Crippen molar-refractivity contribution >= 4 is 22.2 Å². The van der Waals surface area contributed by atoms with Crippen molar-refractivity contribution in [2.45, 2.75) is 39.2 Å². The number of hydrogen-bond donors (Lipinski definition) is 2. The first-order valence-corrected chi connectivity index (χ1v) is 10.6. The smallest absolute Gasteiger partial charge is 0.270 e. The van der Waals surface area contributed by atoms with Gasteiger partial charge in [-0.1, -0.05) is 26.8 Å². The molecular formula is C22H23N3O5S. The molecule has 2 aromatic carbocycles. The van der Waals surface area contributed by atoms with Gasteiger partial charge in [0.05, 0.1) is 10.6 Å². The van der Waals surface area contributed by atoms with Gasteiger partial charge in [0, 0.05) is 41.0 Å². The summed E-state index contributed by atoms with van der Waals surface area (Å²) >= 11 is 1.54. The van der Waals surface area contributed by atoms with Gasteiger partial charge in [-0.2, -0.15) is 0 Å². The Bertz CT molecular complexity index is 1140. The quantitative estimate of drug-likeness (QED) is 0.410. The molecule has 31 heavy (non-hydrogen) atoms. The highest BCUT2D eigenvalue weighted by Gasteiger charge is 2.24. The molecule has 162 valence electrons. The summed E-state index contributed by atoms with van der Waals surface area (Å²) in [5.41, 5.74) is 2.31. The number of hydrogen-bond acceptors (Lipinski definition) is 8. The average Bonchev–Trinajstić information content (AvgIpc) is 3.33. The highest BCUT2D eigenvalue weighted by molar-refractivity contribution is 7.15. The Kier molecular flexibility index (Phi) is 5.45. The molecular weight excluding hydrogens is 418 g/mol. The lowest BCUT2D eigenvalue weighted by Gasteiger charge is -2.17. The second-order valence-electron chi connectivity index (χ2n) is 8.33. The minimum Gasteiger partial charge on any atom is -0.508 e. The van der Waals surface area contributed by atoms with Crippen LogP contribution in [0.5, 0.6) is 17.2 Å². The largest absolute Gasteiger partial charge is 0.508 e. The van der Waals surface area contributed by atoms with Gasteiger partial charge < -0.3 is 19.9 Å². The summed E-state index contributed by atoms with van der Waals surface area (Å²) in [5.74, 6) is 1.51. The van der Waals surface area contributed by atoms with Gasteiger partial charge in [0.1, 0.15) is 5.75 Å². The Balaban J connectivity index is 1.56. The molecule has 1 aliphatic rings. The van der Waals surface area contributed by atoms with E-state index in [0.717, 1.165) is 27.6 Å². The maximum atomic E-state index is 11.0. The van der Waals surface area contributed by atoms with Gasteiger partial charge in [-0.3, -0.25) is 10.1 Å². The molecule has 0 radical (unpaired) electrons. The Labute approximate surface area is 183 Å². The van der Waals surface area contributed by atoms with Crippen LogP contribution in [0.3, 0.4) is 0 Å². The van der Waals surface area contributed by atoms with E-state index in [9.17, 15) is 15.2 Å². The number of non-ortho nitro benzene ring substituents is 1. The summed E-state index contributed by atoms with van der Waals surface area (Å²) in [6.07, 6.45) is 0.699. The van der Waals surface area contributed by atoms with Gasteiger partial charge in [-0.15, -0.1) is 11.3 Å². The van der Waals surface area contributed by atoms with E-state index in [2.05, 4.69) is 26.1 Å². The number of benzene rings is 2. The van der Waals surface area contributed by atoms with Crippen molar-refractivity contribution in [2.75, 3.05) is 12.1 Å². The fourth-order valence-corrected chi connectivity index (χ4v) is 4.57. The summed E-state index contributed by atoms with van der Waals surface area (Å²) in [6.45, 7) is 6.81. The van der Waals surface area contributed by atoms with E-state index in [4.69, 9.17) is 14.5 Å². The lowest BCUT2D eigenvalue weighted by molar-refractivity contribution is -0.384. The predicted octanol–water partition coefficient (Wildman–Crippen LogP) is 4.99. The summed E-state index contributed by atoms with van der Waals surface area (Å²) < 4.78 is 10.9. The summed E-state index contributed by atoms with van der Waals surface area (Å²) in [4.78, 5) is 16.4. The molecule has 0 saturated heterocycles. The van der Waals surface area contributed by atoms with Gasteiger partial charge in [0.25, 0.3) is 5.69 Å². The van der Waals surface area contributed by atoms with E-state index >= 15 is 0 Å². The summed E-state index contributed by atoms with van der Waals surface area (Å²) in [5, 5.41) is 25.0. The number of anilines is 1. The molecule has 0 aliphatic carbocycles. The molecule has 0 fully saturated rings. The minimum absolute atomic E-state index is 0.00582. The van der Waals surface area contributed by atoms with Gasteiger partial charge in [0.2, 0.25) is 6.79 Å². The normalized spacial score (nSPS) is 12.7. The zero-order valence-electron chi connectivity index (χ0n) is 17.5. The molecule has 2 heterocycles. The van der Waals surface area contributed by atoms with E-state index in [1.165, 1.54) is 18.2 Å². The van der Waals surface area contributed by atoms with E-state index in [-0.39, 0.29) is 30.2 Å². The van der Waals surface area contributed by atoms with E-state index in [0.29, 0.717) is 17.1 Å². The molecule has 0 atom stereocenters. The van der Waals surface area contributed by atoms with Crippen molar-refractivity contribution < 1.29 is 19.5 Å². The van der Waals surface area contributed by atoms with Crippen LogP contribution in [-0.2, 0) is 18.4 Å². The van der Waals surface area contributed by atoms with Crippen LogP contribution in [-0.4, -0.2) is 21.8 Å². The average molecular weight is 442 g/mol. The van der Waals surface area contributed by atoms with Crippen LogP contribution >= 0.6 is 11.3 Å². The van der Waals surface area contributed by atoms with Crippen molar-refractivity contribution in [3.05, 3.63) is 68.2 Å². The molecule has 0 amide bonds. The number of nitrogens with zero attached hydrogens (tertiary/aromatic N) is 2. The zero-order valence-corrected chi connectivity index (χ0v) is 18.3. The first-order valence-electron chi connectivity index (χ1n) is 9.79. The number of ether oxygens (including phenoxy) is 2. The van der Waals surface area contributed by atoms with Gasteiger partial charge in [-0.25, -0.2) is 4.98 Å². The summed E-state index contributed by atoms with van der Waals surface area (Å²) in [7, 11) is 0. The maximum Gasteiger partial charge on any atom is 0.270 e. The van der Waals surface area contributed by atoms with Crippen LogP contribution in [0.4, 0.5) is 10.8 Å². The number of thiazole rings is 1. The standard InChI is InChI=1S/C22H23N3O5S/c1-22(2,3)20-19(9-13-4-7-17-18(8-13)30-12-29-17)31-21(24-20)23-11-14-10-15(25(27)28)5-6-16(14)26/h4-8,10,26H,9,11-12H2,1-3H3,(H,23,24). The van der Waals surface area contributed by atoms with Crippen LogP contribution in [0.2, 0.25) is 0 Å². The fourth-order valence-electron chi connectivity index (χ4n) is 3.37. The fraction of sp³-hybridized carbons (Fsp3) is 0.318. The number of phenols is 1. The summed E-state index contributed by atoms with van der Waals surface area (Å²) in [6, 6.07) is 9.91. The van der Waals surface area contributed by atoms with E-state index in [1.54, 1.807) is 11.3 Å². The number of phenolic OH excluding ortho intramolecular Hbond substituents is 1. The monoisotopic (exact) mass is 441 g/mol. The van der Waals surface area contributed by atoms with Gasteiger partial charge in [-0.05, 0) is 23.8 Å². The molecule has 2 N–H and O–H groups in total. The van der Waals surface area contributed by atoms with Crippen molar-refractivity contribution in [3.63, 3.8) is 0 Å². The molecule has 1 aromatic heterocycles. The molecule has 3 aromatic rings. The molecule has 0 spiro atoms. The topological polar surface area (TPSA) is 107 Å². The second kappa shape index (κ2) is 8.07. The highest BCUT2D eigenvalue weighted by Crippen LogP contribution is 2.37. The van der Waals surface area contributed by atoms with Crippen LogP contribution in [0.15, 0.2) is 36.4 Å². The van der Waals surface area contributed by atoms with Crippen LogP contribution < -0.4 is 14.8 Å². The molecule has 0 unspecified atom stereocenters. The molecule has 8 nitrogen and oxygen atoms in total. The highest BCUT2D eigenvalue weighted by atomic mass is 32.1. The molecule has 1 aliphatic heterocycles. The predicted molar refractivity (Wildman–Crippen MR) is 118 cm³/mol. The van der Waals surface area contributed by atoms with Crippen molar-refractivity contribution in [1.29, 1.82) is 0 Å². The zero-order chi connectivity index (χ0) is 22.2. The molecule has 0 bridgehead atoms. The molecule has 4 rings (SSSR count). The number of nitrogens with one attached hydrogen (secondary N) is 1.